The summed E-state index contributed by atoms with van der Waals surface area (Å²) in [6.07, 6.45) is 7.48. The Hall–Kier alpha value is 0.220. The van der Waals surface area contributed by atoms with E-state index in [9.17, 15) is 8.42 Å². The summed E-state index contributed by atoms with van der Waals surface area (Å²) in [7, 11) is -3.10. The van der Waals surface area contributed by atoms with Crippen molar-refractivity contribution in [3.63, 3.8) is 0 Å². The third-order valence-electron chi connectivity index (χ3n) is 3.58. The Balaban J connectivity index is 2.31. The summed E-state index contributed by atoms with van der Waals surface area (Å²) < 4.78 is 26.7. The van der Waals surface area contributed by atoms with Gasteiger partial charge >= 0.3 is 0 Å². The number of rotatable bonds is 9. The lowest BCUT2D eigenvalue weighted by atomic mass is 10.1. The molecular weight excluding hydrogens is 268 g/mol. The van der Waals surface area contributed by atoms with Crippen molar-refractivity contribution in [3.8, 4) is 0 Å². The Labute approximate surface area is 116 Å². The molecule has 2 N–H and O–H groups in total. The molecule has 1 rings (SSSR count). The number of nitrogens with one attached hydrogen (secondary N) is 2. The first-order valence-electron chi connectivity index (χ1n) is 6.77. The van der Waals surface area contributed by atoms with Crippen molar-refractivity contribution < 1.29 is 8.42 Å². The lowest BCUT2D eigenvalue weighted by Gasteiger charge is -2.26. The fourth-order valence-electron chi connectivity index (χ4n) is 2.35. The van der Waals surface area contributed by atoms with E-state index < -0.39 is 10.0 Å². The van der Waals surface area contributed by atoms with Gasteiger partial charge in [-0.25, -0.2) is 13.1 Å². The molecule has 0 bridgehead atoms. The van der Waals surface area contributed by atoms with Crippen molar-refractivity contribution in [2.24, 2.45) is 0 Å². The first kappa shape index (κ1) is 16.3. The zero-order chi connectivity index (χ0) is 13.5. The quantitative estimate of drug-likeness (QED) is 0.634. The first-order chi connectivity index (χ1) is 8.54. The standard InChI is InChI=1S/C12H26N2O2S2/c1-3-13-9-6-10-18(15,16)14-11-12(17-2)7-4-5-8-12/h13-14H,3-11H2,1-2H3. The molecule has 0 radical (unpaired) electrons. The lowest BCUT2D eigenvalue weighted by molar-refractivity contribution is 0.548. The summed E-state index contributed by atoms with van der Waals surface area (Å²) >= 11 is 1.81. The smallest absolute Gasteiger partial charge is 0.211 e. The second-order valence-electron chi connectivity index (χ2n) is 4.94. The number of thioether (sulfide) groups is 1. The molecule has 1 saturated carbocycles. The first-order valence-corrected chi connectivity index (χ1v) is 9.64. The van der Waals surface area contributed by atoms with E-state index in [2.05, 4.69) is 16.3 Å². The Morgan fingerprint density at radius 3 is 2.50 bits per heavy atom. The van der Waals surface area contributed by atoms with Crippen LogP contribution in [0.1, 0.15) is 39.0 Å². The molecule has 0 unspecified atom stereocenters. The lowest BCUT2D eigenvalue weighted by Crippen LogP contribution is -2.39. The van der Waals surface area contributed by atoms with Gasteiger partial charge in [-0.2, -0.15) is 11.8 Å². The van der Waals surface area contributed by atoms with Gasteiger partial charge in [-0.05, 0) is 38.6 Å². The maximum Gasteiger partial charge on any atom is 0.211 e. The zero-order valence-corrected chi connectivity index (χ0v) is 13.1. The van der Waals surface area contributed by atoms with Crippen molar-refractivity contribution in [2.45, 2.75) is 43.8 Å². The Morgan fingerprint density at radius 2 is 1.94 bits per heavy atom. The molecule has 0 amide bonds. The van der Waals surface area contributed by atoms with E-state index in [4.69, 9.17) is 0 Å². The third kappa shape index (κ3) is 5.47. The Kier molecular flexibility index (Phi) is 6.98. The number of sulfonamides is 1. The monoisotopic (exact) mass is 294 g/mol. The van der Waals surface area contributed by atoms with Crippen LogP contribution in [0, 0.1) is 0 Å². The second-order valence-corrected chi connectivity index (χ2v) is 8.14. The van der Waals surface area contributed by atoms with Gasteiger partial charge in [0.15, 0.2) is 0 Å². The molecule has 1 aliphatic rings. The topological polar surface area (TPSA) is 58.2 Å². The summed E-state index contributed by atoms with van der Waals surface area (Å²) in [6, 6.07) is 0. The molecule has 1 fully saturated rings. The minimum atomic E-state index is -3.10. The van der Waals surface area contributed by atoms with E-state index in [-0.39, 0.29) is 10.5 Å². The normalized spacial score (nSPS) is 19.2. The van der Waals surface area contributed by atoms with E-state index in [0.29, 0.717) is 13.0 Å². The summed E-state index contributed by atoms with van der Waals surface area (Å²) in [5.74, 6) is 0.227. The molecule has 6 heteroatoms. The molecule has 0 aliphatic heterocycles. The van der Waals surface area contributed by atoms with Gasteiger partial charge in [-0.1, -0.05) is 19.8 Å². The van der Waals surface area contributed by atoms with Crippen LogP contribution in [-0.4, -0.2) is 44.8 Å². The van der Waals surface area contributed by atoms with Crippen LogP contribution in [0.5, 0.6) is 0 Å². The fraction of sp³-hybridized carbons (Fsp3) is 1.00. The highest BCUT2D eigenvalue weighted by atomic mass is 32.2. The van der Waals surface area contributed by atoms with Gasteiger partial charge in [0.2, 0.25) is 10.0 Å². The summed E-state index contributed by atoms with van der Waals surface area (Å²) in [5, 5.41) is 3.14. The SMILES string of the molecule is CCNCCCS(=O)(=O)NCC1(SC)CCCC1. The minimum Gasteiger partial charge on any atom is -0.317 e. The highest BCUT2D eigenvalue weighted by molar-refractivity contribution is 8.00. The average molecular weight is 294 g/mol. The van der Waals surface area contributed by atoms with Crippen LogP contribution in [0.25, 0.3) is 0 Å². The number of hydrogen-bond donors (Lipinski definition) is 2. The van der Waals surface area contributed by atoms with E-state index in [1.165, 1.54) is 12.8 Å². The van der Waals surface area contributed by atoms with E-state index in [1.807, 2.05) is 18.7 Å². The predicted octanol–water partition coefficient (Wildman–Crippen LogP) is 1.58. The Morgan fingerprint density at radius 1 is 1.28 bits per heavy atom. The minimum absolute atomic E-state index is 0.148. The van der Waals surface area contributed by atoms with Crippen LogP contribution in [0.15, 0.2) is 0 Å². The maximum absolute atomic E-state index is 11.9. The predicted molar refractivity (Wildman–Crippen MR) is 79.7 cm³/mol. The van der Waals surface area contributed by atoms with Crippen LogP contribution in [0.4, 0.5) is 0 Å². The zero-order valence-electron chi connectivity index (χ0n) is 11.5. The van der Waals surface area contributed by atoms with Crippen molar-refractivity contribution in [1.82, 2.24) is 10.0 Å². The number of hydrogen-bond acceptors (Lipinski definition) is 4. The van der Waals surface area contributed by atoms with Gasteiger partial charge in [0.1, 0.15) is 0 Å². The second kappa shape index (κ2) is 7.72. The fourth-order valence-corrected chi connectivity index (χ4v) is 4.52. The van der Waals surface area contributed by atoms with E-state index in [0.717, 1.165) is 25.9 Å². The Bertz CT molecular complexity index is 325. The molecule has 0 aromatic carbocycles. The molecule has 1 aliphatic carbocycles. The highest BCUT2D eigenvalue weighted by Crippen LogP contribution is 2.39. The maximum atomic E-state index is 11.9. The van der Waals surface area contributed by atoms with Crippen LogP contribution < -0.4 is 10.0 Å². The largest absolute Gasteiger partial charge is 0.317 e. The van der Waals surface area contributed by atoms with Gasteiger partial charge in [0.05, 0.1) is 5.75 Å². The molecule has 4 nitrogen and oxygen atoms in total. The van der Waals surface area contributed by atoms with Crippen molar-refractivity contribution in [3.05, 3.63) is 0 Å². The molecule has 18 heavy (non-hydrogen) atoms. The van der Waals surface area contributed by atoms with Crippen LogP contribution in [0.2, 0.25) is 0 Å². The van der Waals surface area contributed by atoms with Crippen LogP contribution >= 0.6 is 11.8 Å². The van der Waals surface area contributed by atoms with E-state index in [1.54, 1.807) is 0 Å². The summed E-state index contributed by atoms with van der Waals surface area (Å²) in [5.41, 5.74) is 0. The van der Waals surface area contributed by atoms with Crippen LogP contribution in [-0.2, 0) is 10.0 Å². The van der Waals surface area contributed by atoms with Crippen LogP contribution in [0.3, 0.4) is 0 Å². The molecule has 0 aromatic heterocycles. The van der Waals surface area contributed by atoms with Gasteiger partial charge in [-0.15, -0.1) is 0 Å². The molecule has 0 spiro atoms. The third-order valence-corrected chi connectivity index (χ3v) is 6.41. The van der Waals surface area contributed by atoms with Gasteiger partial charge in [0.25, 0.3) is 0 Å². The van der Waals surface area contributed by atoms with Gasteiger partial charge in [0, 0.05) is 11.3 Å². The summed E-state index contributed by atoms with van der Waals surface area (Å²) in [6.45, 7) is 4.28. The average Bonchev–Trinajstić information content (AvgIpc) is 2.82. The molecule has 0 heterocycles. The van der Waals surface area contributed by atoms with E-state index >= 15 is 0 Å². The molecular formula is C12H26N2O2S2. The van der Waals surface area contributed by atoms with Gasteiger partial charge < -0.3 is 5.32 Å². The summed E-state index contributed by atoms with van der Waals surface area (Å²) in [4.78, 5) is 0. The van der Waals surface area contributed by atoms with Crippen molar-refractivity contribution >= 4 is 21.8 Å². The highest BCUT2D eigenvalue weighted by Gasteiger charge is 2.33. The molecule has 0 aromatic rings. The van der Waals surface area contributed by atoms with Crippen molar-refractivity contribution in [2.75, 3.05) is 31.6 Å². The molecule has 108 valence electrons. The van der Waals surface area contributed by atoms with Crippen molar-refractivity contribution in [1.29, 1.82) is 0 Å². The molecule has 0 atom stereocenters. The molecule has 0 saturated heterocycles. The van der Waals surface area contributed by atoms with Gasteiger partial charge in [-0.3, -0.25) is 0 Å².